The molecule has 1 aromatic rings. The average molecular weight is 251 g/mol. The predicted molar refractivity (Wildman–Crippen MR) is 61.0 cm³/mol. The van der Waals surface area contributed by atoms with Crippen LogP contribution < -0.4 is 0 Å². The Labute approximate surface area is 102 Å². The van der Waals surface area contributed by atoms with Gasteiger partial charge in [0.25, 0.3) is 0 Å². The molecule has 94 valence electrons. The van der Waals surface area contributed by atoms with Gasteiger partial charge in [0.05, 0.1) is 0 Å². The second-order valence-corrected chi connectivity index (χ2v) is 4.98. The SMILES string of the molecule is O=C(O)N1CC2(C=C(c3ccc(F)c(F)c3)C2)C1. The lowest BCUT2D eigenvalue weighted by atomic mass is 9.64. The molecule has 0 atom stereocenters. The van der Waals surface area contributed by atoms with Crippen molar-refractivity contribution in [1.29, 1.82) is 0 Å². The van der Waals surface area contributed by atoms with Crippen LogP contribution in [0.15, 0.2) is 24.3 Å². The van der Waals surface area contributed by atoms with Crippen molar-refractivity contribution in [2.45, 2.75) is 6.42 Å². The molecule has 0 saturated carbocycles. The number of carboxylic acid groups (broad SMARTS) is 1. The van der Waals surface area contributed by atoms with E-state index in [1.165, 1.54) is 11.0 Å². The van der Waals surface area contributed by atoms with Gasteiger partial charge in [-0.05, 0) is 29.7 Å². The van der Waals surface area contributed by atoms with Crippen LogP contribution in [0.2, 0.25) is 0 Å². The van der Waals surface area contributed by atoms with E-state index in [1.54, 1.807) is 6.07 Å². The number of hydrogen-bond acceptors (Lipinski definition) is 1. The average Bonchev–Trinajstić information content (AvgIpc) is 2.18. The minimum atomic E-state index is -0.907. The minimum absolute atomic E-state index is 0.0708. The van der Waals surface area contributed by atoms with Crippen molar-refractivity contribution in [3.8, 4) is 0 Å². The van der Waals surface area contributed by atoms with Gasteiger partial charge in [-0.1, -0.05) is 12.1 Å². The summed E-state index contributed by atoms with van der Waals surface area (Å²) in [6.07, 6.45) is 1.79. The van der Waals surface area contributed by atoms with Gasteiger partial charge >= 0.3 is 6.09 Å². The van der Waals surface area contributed by atoms with E-state index in [4.69, 9.17) is 5.11 Å². The zero-order valence-electron chi connectivity index (χ0n) is 9.49. The summed E-state index contributed by atoms with van der Waals surface area (Å²) in [5.41, 5.74) is 1.56. The molecule has 18 heavy (non-hydrogen) atoms. The van der Waals surface area contributed by atoms with Crippen LogP contribution in [0.25, 0.3) is 5.57 Å². The molecule has 5 heteroatoms. The number of benzene rings is 1. The molecule has 1 aliphatic heterocycles. The molecule has 1 aromatic carbocycles. The van der Waals surface area contributed by atoms with Crippen LogP contribution >= 0.6 is 0 Å². The Morgan fingerprint density at radius 1 is 1.28 bits per heavy atom. The van der Waals surface area contributed by atoms with E-state index in [0.29, 0.717) is 18.7 Å². The van der Waals surface area contributed by atoms with Crippen molar-refractivity contribution >= 4 is 11.7 Å². The molecule has 2 aliphatic rings. The molecule has 1 spiro atoms. The second kappa shape index (κ2) is 3.54. The molecular weight excluding hydrogens is 240 g/mol. The number of nitrogens with zero attached hydrogens (tertiary/aromatic N) is 1. The molecule has 1 N–H and O–H groups in total. The zero-order chi connectivity index (χ0) is 12.9. The molecule has 1 saturated heterocycles. The summed E-state index contributed by atoms with van der Waals surface area (Å²) < 4.78 is 25.9. The van der Waals surface area contributed by atoms with E-state index in [-0.39, 0.29) is 5.41 Å². The molecule has 1 fully saturated rings. The summed E-state index contributed by atoms with van der Waals surface area (Å²) in [5.74, 6) is -1.70. The number of likely N-dealkylation sites (tertiary alicyclic amines) is 1. The van der Waals surface area contributed by atoms with Gasteiger partial charge in [0, 0.05) is 18.5 Å². The first-order valence-electron chi connectivity index (χ1n) is 5.64. The first-order chi connectivity index (χ1) is 8.49. The van der Waals surface area contributed by atoms with Gasteiger partial charge in [-0.15, -0.1) is 0 Å². The van der Waals surface area contributed by atoms with E-state index in [0.717, 1.165) is 18.1 Å². The van der Waals surface area contributed by atoms with E-state index >= 15 is 0 Å². The number of hydrogen-bond donors (Lipinski definition) is 1. The van der Waals surface area contributed by atoms with Crippen molar-refractivity contribution in [2.75, 3.05) is 13.1 Å². The Balaban J connectivity index is 1.74. The predicted octanol–water partition coefficient (Wildman–Crippen LogP) is 2.73. The fourth-order valence-corrected chi connectivity index (χ4v) is 2.65. The summed E-state index contributed by atoms with van der Waals surface area (Å²) in [6, 6.07) is 3.84. The van der Waals surface area contributed by atoms with Crippen molar-refractivity contribution in [1.82, 2.24) is 4.90 Å². The lowest BCUT2D eigenvalue weighted by Crippen LogP contribution is -2.59. The molecule has 3 nitrogen and oxygen atoms in total. The highest BCUT2D eigenvalue weighted by Gasteiger charge is 2.49. The Morgan fingerprint density at radius 3 is 2.50 bits per heavy atom. The van der Waals surface area contributed by atoms with Crippen molar-refractivity contribution in [3.05, 3.63) is 41.5 Å². The minimum Gasteiger partial charge on any atom is -0.465 e. The normalized spacial score (nSPS) is 20.1. The Morgan fingerprint density at radius 2 is 1.94 bits per heavy atom. The molecule has 0 unspecified atom stereocenters. The number of amides is 1. The third-order valence-electron chi connectivity index (χ3n) is 3.60. The summed E-state index contributed by atoms with van der Waals surface area (Å²) in [5, 5.41) is 8.75. The highest BCUT2D eigenvalue weighted by atomic mass is 19.2. The van der Waals surface area contributed by atoms with Crippen LogP contribution in [0.5, 0.6) is 0 Å². The van der Waals surface area contributed by atoms with Gasteiger partial charge in [0.1, 0.15) is 0 Å². The third kappa shape index (κ3) is 1.58. The molecule has 0 radical (unpaired) electrons. The number of rotatable bonds is 1. The lowest BCUT2D eigenvalue weighted by molar-refractivity contribution is 0.0368. The molecule has 1 aliphatic carbocycles. The van der Waals surface area contributed by atoms with Crippen LogP contribution in [0.3, 0.4) is 0 Å². The summed E-state index contributed by atoms with van der Waals surface area (Å²) in [6.45, 7) is 0.991. The first-order valence-corrected chi connectivity index (χ1v) is 5.64. The van der Waals surface area contributed by atoms with Crippen molar-refractivity contribution in [3.63, 3.8) is 0 Å². The van der Waals surface area contributed by atoms with Gasteiger partial charge in [-0.3, -0.25) is 0 Å². The van der Waals surface area contributed by atoms with Gasteiger partial charge in [0.15, 0.2) is 11.6 Å². The Kier molecular flexibility index (Phi) is 2.20. The maximum atomic E-state index is 13.1. The molecule has 0 bridgehead atoms. The number of carbonyl (C=O) groups is 1. The quantitative estimate of drug-likeness (QED) is 0.833. The zero-order valence-corrected chi connectivity index (χ0v) is 9.49. The number of halogens is 2. The summed E-state index contributed by atoms with van der Waals surface area (Å²) >= 11 is 0. The fraction of sp³-hybridized carbons (Fsp3) is 0.308. The fourth-order valence-electron chi connectivity index (χ4n) is 2.65. The van der Waals surface area contributed by atoms with Crippen LogP contribution in [-0.4, -0.2) is 29.2 Å². The van der Waals surface area contributed by atoms with Crippen LogP contribution in [-0.2, 0) is 0 Å². The van der Waals surface area contributed by atoms with Gasteiger partial charge in [-0.2, -0.15) is 0 Å². The van der Waals surface area contributed by atoms with E-state index in [2.05, 4.69) is 0 Å². The summed E-state index contributed by atoms with van der Waals surface area (Å²) in [4.78, 5) is 12.0. The molecule has 3 rings (SSSR count). The van der Waals surface area contributed by atoms with E-state index in [1.807, 2.05) is 6.08 Å². The number of allylic oxidation sites excluding steroid dienone is 1. The lowest BCUT2D eigenvalue weighted by Gasteiger charge is -2.52. The maximum Gasteiger partial charge on any atom is 0.407 e. The topological polar surface area (TPSA) is 40.5 Å². The molecule has 0 aromatic heterocycles. The van der Waals surface area contributed by atoms with Crippen LogP contribution in [0.4, 0.5) is 13.6 Å². The monoisotopic (exact) mass is 251 g/mol. The third-order valence-corrected chi connectivity index (χ3v) is 3.60. The van der Waals surface area contributed by atoms with Gasteiger partial charge < -0.3 is 10.0 Å². The molecule has 1 heterocycles. The highest BCUT2D eigenvalue weighted by Crippen LogP contribution is 2.50. The smallest absolute Gasteiger partial charge is 0.407 e. The van der Waals surface area contributed by atoms with Crippen molar-refractivity contribution < 1.29 is 18.7 Å². The Bertz CT molecular complexity index is 562. The maximum absolute atomic E-state index is 13.1. The van der Waals surface area contributed by atoms with Gasteiger partial charge in [-0.25, -0.2) is 13.6 Å². The largest absolute Gasteiger partial charge is 0.465 e. The first kappa shape index (κ1) is 11.2. The molecule has 1 amide bonds. The Hall–Kier alpha value is -1.91. The van der Waals surface area contributed by atoms with Crippen LogP contribution in [0.1, 0.15) is 12.0 Å². The van der Waals surface area contributed by atoms with Gasteiger partial charge in [0.2, 0.25) is 0 Å². The van der Waals surface area contributed by atoms with E-state index in [9.17, 15) is 13.6 Å². The molecular formula is C13H11F2NO2. The van der Waals surface area contributed by atoms with E-state index < -0.39 is 17.7 Å². The van der Waals surface area contributed by atoms with Crippen LogP contribution in [0, 0.1) is 17.0 Å². The highest BCUT2D eigenvalue weighted by molar-refractivity contribution is 5.75. The second-order valence-electron chi connectivity index (χ2n) is 4.98. The summed E-state index contributed by atoms with van der Waals surface area (Å²) in [7, 11) is 0. The standard InChI is InChI=1S/C13H11F2NO2/c14-10-2-1-8(3-11(10)15)9-4-13(5-9)6-16(7-13)12(17)18/h1-4H,5-7H2,(H,17,18). The van der Waals surface area contributed by atoms with Crippen molar-refractivity contribution in [2.24, 2.45) is 5.41 Å².